The Bertz CT molecular complexity index is 455. The van der Waals surface area contributed by atoms with Gasteiger partial charge in [0.05, 0.1) is 12.7 Å². The monoisotopic (exact) mass is 351 g/mol. The number of sulfonamides is 1. The first kappa shape index (κ1) is 21.8. The zero-order valence-corrected chi connectivity index (χ0v) is 16.9. The quantitative estimate of drug-likeness (QED) is 0.649. The highest BCUT2D eigenvalue weighted by Crippen LogP contribution is 2.37. The Labute approximate surface area is 137 Å². The van der Waals surface area contributed by atoms with Crippen molar-refractivity contribution in [1.82, 2.24) is 4.31 Å². The fourth-order valence-electron chi connectivity index (χ4n) is 1.75. The van der Waals surface area contributed by atoms with Gasteiger partial charge in [-0.2, -0.15) is 4.31 Å². The third kappa shape index (κ3) is 6.50. The van der Waals surface area contributed by atoms with E-state index < -0.39 is 24.4 Å². The van der Waals surface area contributed by atoms with Crippen molar-refractivity contribution in [3.05, 3.63) is 12.0 Å². The van der Waals surface area contributed by atoms with Gasteiger partial charge in [-0.05, 0) is 24.1 Å². The Morgan fingerprint density at radius 2 is 1.77 bits per heavy atom. The van der Waals surface area contributed by atoms with Gasteiger partial charge in [0.2, 0.25) is 10.0 Å². The molecule has 7 heteroatoms. The summed E-state index contributed by atoms with van der Waals surface area (Å²) in [5.41, 5.74) is 0. The highest BCUT2D eigenvalue weighted by atomic mass is 32.2. The molecule has 0 unspecified atom stereocenters. The third-order valence-corrected chi connectivity index (χ3v) is 9.99. The molecule has 0 radical (unpaired) electrons. The lowest BCUT2D eigenvalue weighted by Gasteiger charge is -2.40. The van der Waals surface area contributed by atoms with E-state index >= 15 is 0 Å². The van der Waals surface area contributed by atoms with Crippen LogP contribution in [0.5, 0.6) is 0 Å². The van der Waals surface area contributed by atoms with E-state index in [1.807, 2.05) is 13.8 Å². The molecule has 0 aromatic heterocycles. The topological polar surface area (TPSA) is 66.8 Å². The Kier molecular flexibility index (Phi) is 7.98. The molecule has 22 heavy (non-hydrogen) atoms. The number of aliphatic hydroxyl groups excluding tert-OH is 1. The SMILES string of the molecule is C=CS(=O)(=O)N(CC(C)C)C[C@@H](CO)O[Si](C)(C)C(C)(C)C. The largest absolute Gasteiger partial charge is 0.410 e. The molecule has 0 aliphatic rings. The molecule has 0 saturated carbocycles. The molecule has 0 rings (SSSR count). The van der Waals surface area contributed by atoms with Crippen LogP contribution < -0.4 is 0 Å². The van der Waals surface area contributed by atoms with Crippen molar-refractivity contribution in [3.63, 3.8) is 0 Å². The lowest BCUT2D eigenvalue weighted by atomic mass is 10.2. The van der Waals surface area contributed by atoms with E-state index in [1.54, 1.807) is 0 Å². The van der Waals surface area contributed by atoms with Gasteiger partial charge >= 0.3 is 0 Å². The Morgan fingerprint density at radius 1 is 1.27 bits per heavy atom. The standard InChI is InChI=1S/C15H33NO4SSi/c1-9-21(18,19)16(10-13(2)3)11-14(12-17)20-22(7,8)15(4,5)6/h9,13-14,17H,1,10-12H2,2-8H3/t14-/m0/s1. The van der Waals surface area contributed by atoms with E-state index in [0.717, 1.165) is 5.41 Å². The molecule has 0 amide bonds. The fourth-order valence-corrected chi connectivity index (χ4v) is 4.17. The van der Waals surface area contributed by atoms with Gasteiger partial charge in [0.1, 0.15) is 0 Å². The maximum Gasteiger partial charge on any atom is 0.235 e. The molecule has 0 aromatic rings. The van der Waals surface area contributed by atoms with Crippen molar-refractivity contribution in [3.8, 4) is 0 Å². The first-order valence-electron chi connectivity index (χ1n) is 7.68. The van der Waals surface area contributed by atoms with Crippen molar-refractivity contribution in [2.45, 2.75) is 58.9 Å². The molecule has 0 aliphatic carbocycles. The van der Waals surface area contributed by atoms with Crippen LogP contribution >= 0.6 is 0 Å². The molecule has 0 aromatic carbocycles. The smallest absolute Gasteiger partial charge is 0.235 e. The Hall–Kier alpha value is -0.213. The third-order valence-electron chi connectivity index (χ3n) is 4.02. The van der Waals surface area contributed by atoms with Crippen LogP contribution in [0, 0.1) is 5.92 Å². The number of aliphatic hydroxyl groups is 1. The van der Waals surface area contributed by atoms with Gasteiger partial charge in [-0.1, -0.05) is 41.2 Å². The van der Waals surface area contributed by atoms with Gasteiger partial charge in [-0.3, -0.25) is 0 Å². The van der Waals surface area contributed by atoms with Crippen LogP contribution in [-0.4, -0.2) is 51.9 Å². The normalized spacial score (nSPS) is 15.4. The van der Waals surface area contributed by atoms with E-state index in [1.165, 1.54) is 4.31 Å². The van der Waals surface area contributed by atoms with Crippen LogP contribution in [0.15, 0.2) is 12.0 Å². The summed E-state index contributed by atoms with van der Waals surface area (Å²) in [6.07, 6.45) is -0.519. The van der Waals surface area contributed by atoms with Crippen molar-refractivity contribution in [1.29, 1.82) is 0 Å². The average molecular weight is 352 g/mol. The number of rotatable bonds is 9. The lowest BCUT2D eigenvalue weighted by Crippen LogP contribution is -2.49. The second kappa shape index (κ2) is 8.05. The van der Waals surface area contributed by atoms with Crippen LogP contribution in [0.4, 0.5) is 0 Å². The molecule has 1 atom stereocenters. The maximum absolute atomic E-state index is 12.1. The van der Waals surface area contributed by atoms with E-state index in [9.17, 15) is 13.5 Å². The molecular weight excluding hydrogens is 318 g/mol. The minimum absolute atomic E-state index is 0.000605. The van der Waals surface area contributed by atoms with E-state index in [4.69, 9.17) is 4.43 Å². The van der Waals surface area contributed by atoms with Crippen LogP contribution in [0.2, 0.25) is 18.1 Å². The first-order chi connectivity index (χ1) is 9.76. The minimum Gasteiger partial charge on any atom is -0.410 e. The van der Waals surface area contributed by atoms with Crippen LogP contribution in [-0.2, 0) is 14.4 Å². The summed E-state index contributed by atoms with van der Waals surface area (Å²) < 4.78 is 31.8. The molecule has 0 aliphatic heterocycles. The summed E-state index contributed by atoms with van der Waals surface area (Å²) in [5.74, 6) is 0.182. The summed E-state index contributed by atoms with van der Waals surface area (Å²) in [5, 5.41) is 10.6. The van der Waals surface area contributed by atoms with Crippen molar-refractivity contribution in [2.24, 2.45) is 5.92 Å². The lowest BCUT2D eigenvalue weighted by molar-refractivity contribution is 0.0847. The molecule has 0 heterocycles. The second-order valence-electron chi connectivity index (χ2n) is 7.61. The second-order valence-corrected chi connectivity index (χ2v) is 14.2. The van der Waals surface area contributed by atoms with Crippen molar-refractivity contribution in [2.75, 3.05) is 19.7 Å². The Balaban J connectivity index is 5.20. The highest BCUT2D eigenvalue weighted by molar-refractivity contribution is 7.92. The van der Waals surface area contributed by atoms with Crippen molar-refractivity contribution >= 4 is 18.3 Å². The van der Waals surface area contributed by atoms with Gasteiger partial charge in [0.25, 0.3) is 0 Å². The predicted molar refractivity (Wildman–Crippen MR) is 94.7 cm³/mol. The number of hydrogen-bond acceptors (Lipinski definition) is 4. The highest BCUT2D eigenvalue weighted by Gasteiger charge is 2.39. The fraction of sp³-hybridized carbons (Fsp3) is 0.867. The van der Waals surface area contributed by atoms with E-state index in [2.05, 4.69) is 40.4 Å². The number of hydrogen-bond donors (Lipinski definition) is 1. The summed E-state index contributed by atoms with van der Waals surface area (Å²) >= 11 is 0. The predicted octanol–water partition coefficient (Wildman–Crippen LogP) is 2.80. The molecule has 0 bridgehead atoms. The zero-order chi connectivity index (χ0) is 17.8. The van der Waals surface area contributed by atoms with Crippen LogP contribution in [0.1, 0.15) is 34.6 Å². The maximum atomic E-state index is 12.1. The van der Waals surface area contributed by atoms with Gasteiger partial charge in [0.15, 0.2) is 8.32 Å². The van der Waals surface area contributed by atoms with Crippen LogP contribution in [0.25, 0.3) is 0 Å². The summed E-state index contributed by atoms with van der Waals surface area (Å²) in [6.45, 7) is 18.1. The average Bonchev–Trinajstić information content (AvgIpc) is 2.34. The summed E-state index contributed by atoms with van der Waals surface area (Å²) in [4.78, 5) is 0. The van der Waals surface area contributed by atoms with Gasteiger partial charge < -0.3 is 9.53 Å². The first-order valence-corrected chi connectivity index (χ1v) is 12.1. The zero-order valence-electron chi connectivity index (χ0n) is 15.1. The van der Waals surface area contributed by atoms with Gasteiger partial charge in [0, 0.05) is 18.5 Å². The minimum atomic E-state index is -3.53. The molecular formula is C15H33NO4SSi. The molecule has 132 valence electrons. The van der Waals surface area contributed by atoms with Crippen LogP contribution in [0.3, 0.4) is 0 Å². The number of nitrogens with zero attached hydrogens (tertiary/aromatic N) is 1. The summed E-state index contributed by atoms with van der Waals surface area (Å²) in [6, 6.07) is 0. The van der Waals surface area contributed by atoms with E-state index in [0.29, 0.717) is 6.54 Å². The van der Waals surface area contributed by atoms with Crippen molar-refractivity contribution < 1.29 is 18.0 Å². The molecule has 0 saturated heterocycles. The molecule has 0 fully saturated rings. The molecule has 5 nitrogen and oxygen atoms in total. The Morgan fingerprint density at radius 3 is 2.09 bits per heavy atom. The van der Waals surface area contributed by atoms with Gasteiger partial charge in [-0.25, -0.2) is 8.42 Å². The molecule has 0 spiro atoms. The summed E-state index contributed by atoms with van der Waals surface area (Å²) in [7, 11) is -5.60. The van der Waals surface area contributed by atoms with E-state index in [-0.39, 0.29) is 24.1 Å². The molecule has 1 N–H and O–H groups in total. The van der Waals surface area contributed by atoms with Gasteiger partial charge in [-0.15, -0.1) is 0 Å².